The van der Waals surface area contributed by atoms with Gasteiger partial charge >= 0.3 is 13.8 Å². The number of carbonyl (C=O) groups excluding carboxylic acids is 1. The molecule has 0 saturated carbocycles. The van der Waals surface area contributed by atoms with Gasteiger partial charge in [0.05, 0.1) is 12.9 Å². The summed E-state index contributed by atoms with van der Waals surface area (Å²) in [6.45, 7) is -0.708. The van der Waals surface area contributed by atoms with E-state index in [1.807, 2.05) is 0 Å². The molecule has 32 heavy (non-hydrogen) atoms. The predicted molar refractivity (Wildman–Crippen MR) is 105 cm³/mol. The molecule has 1 saturated heterocycles. The lowest BCUT2D eigenvalue weighted by atomic mass is 10.1. The number of phenolic OH excluding ortho intramolecular Hbond substituents is 1. The van der Waals surface area contributed by atoms with Crippen LogP contribution in [0.3, 0.4) is 0 Å². The maximum Gasteiger partial charge on any atom is 0.529 e. The van der Waals surface area contributed by atoms with Crippen molar-refractivity contribution in [2.24, 2.45) is 0 Å². The standard InChI is InChI=1S/C17H18N5O9P/c18-14-11-15(20-6-19-14)22(7-21-11)16-13(25)12(24)10(30-16)5-29-32(27,28)31-17(26)8-3-1-2-4-9(8)23/h1-4,6-7,10,12-13,16,23-25H,5H2,(H,27,28)(H2,18,19,20)/t10-,12+,13?,16-/m1/s1. The van der Waals surface area contributed by atoms with E-state index in [1.54, 1.807) is 0 Å². The Kier molecular flexibility index (Phi) is 5.81. The van der Waals surface area contributed by atoms with Gasteiger partial charge in [-0.25, -0.2) is 24.3 Å². The fourth-order valence-corrected chi connectivity index (χ4v) is 3.84. The summed E-state index contributed by atoms with van der Waals surface area (Å²) in [5.74, 6) is -1.63. The van der Waals surface area contributed by atoms with Crippen LogP contribution in [0.2, 0.25) is 0 Å². The van der Waals surface area contributed by atoms with E-state index < -0.39 is 50.7 Å². The summed E-state index contributed by atoms with van der Waals surface area (Å²) in [5, 5.41) is 30.3. The van der Waals surface area contributed by atoms with Crippen LogP contribution in [0.15, 0.2) is 36.9 Å². The van der Waals surface area contributed by atoms with Crippen LogP contribution in [0.1, 0.15) is 16.6 Å². The number of aliphatic hydroxyl groups excluding tert-OH is 2. The Morgan fingerprint density at radius 3 is 2.72 bits per heavy atom. The third-order valence-corrected chi connectivity index (χ3v) is 5.59. The van der Waals surface area contributed by atoms with E-state index >= 15 is 0 Å². The molecule has 1 aliphatic heterocycles. The molecule has 0 bridgehead atoms. The van der Waals surface area contributed by atoms with Crippen molar-refractivity contribution >= 4 is 30.8 Å². The normalized spacial score (nSPS) is 25.0. The lowest BCUT2D eigenvalue weighted by Crippen LogP contribution is -2.33. The van der Waals surface area contributed by atoms with E-state index in [0.29, 0.717) is 0 Å². The van der Waals surface area contributed by atoms with Gasteiger partial charge in [0.15, 0.2) is 17.7 Å². The second-order valence-electron chi connectivity index (χ2n) is 6.79. The second-order valence-corrected chi connectivity index (χ2v) is 8.17. The molecule has 1 fully saturated rings. The van der Waals surface area contributed by atoms with Gasteiger partial charge in [-0.1, -0.05) is 12.1 Å². The zero-order valence-electron chi connectivity index (χ0n) is 16.1. The third kappa shape index (κ3) is 4.14. The van der Waals surface area contributed by atoms with Crippen molar-refractivity contribution in [1.82, 2.24) is 19.5 Å². The SMILES string of the molecule is Nc1ncnc2c1ncn2[C@@H]1O[C@H](COP(=O)(O)OC(=O)c2ccccc2O)[C@H](O)C1O. The van der Waals surface area contributed by atoms with Crippen molar-refractivity contribution in [3.05, 3.63) is 42.5 Å². The number of rotatable bonds is 6. The molecule has 0 spiro atoms. The van der Waals surface area contributed by atoms with Gasteiger partial charge in [0, 0.05) is 0 Å². The average Bonchev–Trinajstić information content (AvgIpc) is 3.29. The minimum Gasteiger partial charge on any atom is -0.507 e. The molecule has 0 amide bonds. The Balaban J connectivity index is 1.43. The molecule has 0 radical (unpaired) electrons. The molecule has 2 aromatic heterocycles. The number of hydrogen-bond acceptors (Lipinski definition) is 12. The Morgan fingerprint density at radius 2 is 1.97 bits per heavy atom. The number of imidazole rings is 1. The van der Waals surface area contributed by atoms with Crippen molar-refractivity contribution in [3.63, 3.8) is 0 Å². The van der Waals surface area contributed by atoms with Crippen LogP contribution in [-0.2, 0) is 18.3 Å². The number of nitrogens with zero attached hydrogens (tertiary/aromatic N) is 4. The average molecular weight is 467 g/mol. The van der Waals surface area contributed by atoms with Gasteiger partial charge in [0.25, 0.3) is 0 Å². The Bertz CT molecular complexity index is 1200. The van der Waals surface area contributed by atoms with Crippen molar-refractivity contribution in [3.8, 4) is 5.75 Å². The molecule has 3 aromatic rings. The van der Waals surface area contributed by atoms with Crippen molar-refractivity contribution < 1.29 is 43.4 Å². The number of phosphoric ester groups is 1. The number of nitrogens with two attached hydrogens (primary N) is 1. The van der Waals surface area contributed by atoms with Crippen LogP contribution in [0.25, 0.3) is 11.2 Å². The summed E-state index contributed by atoms with van der Waals surface area (Å²) in [5.41, 5.74) is 5.88. The molecule has 1 aliphatic rings. The van der Waals surface area contributed by atoms with Crippen LogP contribution >= 0.6 is 7.82 Å². The highest BCUT2D eigenvalue weighted by atomic mass is 31.2. The first kappa shape index (κ1) is 22.1. The second kappa shape index (κ2) is 8.43. The van der Waals surface area contributed by atoms with Crippen LogP contribution in [0, 0.1) is 0 Å². The number of benzene rings is 1. The highest BCUT2D eigenvalue weighted by Gasteiger charge is 2.45. The number of phosphoric acid groups is 1. The van der Waals surface area contributed by atoms with E-state index in [1.165, 1.54) is 41.5 Å². The van der Waals surface area contributed by atoms with E-state index in [4.69, 9.17) is 15.0 Å². The molecule has 5 atom stereocenters. The molecule has 0 aliphatic carbocycles. The first-order chi connectivity index (χ1) is 15.2. The van der Waals surface area contributed by atoms with E-state index in [9.17, 15) is 29.6 Å². The van der Waals surface area contributed by atoms with Crippen molar-refractivity contribution in [1.29, 1.82) is 0 Å². The maximum atomic E-state index is 12.1. The Labute approximate surface area is 179 Å². The molecule has 15 heteroatoms. The summed E-state index contributed by atoms with van der Waals surface area (Å²) in [4.78, 5) is 33.7. The third-order valence-electron chi connectivity index (χ3n) is 4.72. The number of carbonyl (C=O) groups is 1. The number of anilines is 1. The summed E-state index contributed by atoms with van der Waals surface area (Å²) in [7, 11) is -4.95. The lowest BCUT2D eigenvalue weighted by molar-refractivity contribution is -0.0508. The zero-order chi connectivity index (χ0) is 23.0. The summed E-state index contributed by atoms with van der Waals surface area (Å²) < 4.78 is 28.2. The Morgan fingerprint density at radius 1 is 1.22 bits per heavy atom. The molecular weight excluding hydrogens is 449 g/mol. The highest BCUT2D eigenvalue weighted by Crippen LogP contribution is 2.45. The van der Waals surface area contributed by atoms with Gasteiger partial charge in [-0.05, 0) is 12.1 Å². The van der Waals surface area contributed by atoms with Crippen molar-refractivity contribution in [2.75, 3.05) is 12.3 Å². The van der Waals surface area contributed by atoms with Crippen LogP contribution in [-0.4, -0.2) is 70.6 Å². The molecular formula is C17H18N5O9P. The van der Waals surface area contributed by atoms with Gasteiger partial charge in [0.2, 0.25) is 0 Å². The van der Waals surface area contributed by atoms with Gasteiger partial charge in [-0.15, -0.1) is 0 Å². The summed E-state index contributed by atoms with van der Waals surface area (Å²) in [6, 6.07) is 5.25. The molecule has 14 nitrogen and oxygen atoms in total. The molecule has 2 unspecified atom stereocenters. The van der Waals surface area contributed by atoms with E-state index in [2.05, 4.69) is 19.5 Å². The van der Waals surface area contributed by atoms with Crippen LogP contribution in [0.4, 0.5) is 5.82 Å². The number of nitrogen functional groups attached to an aromatic ring is 1. The topological polar surface area (TPSA) is 212 Å². The van der Waals surface area contributed by atoms with Gasteiger partial charge in [-0.3, -0.25) is 14.0 Å². The van der Waals surface area contributed by atoms with E-state index in [-0.39, 0.29) is 22.5 Å². The molecule has 1 aromatic carbocycles. The number of hydrogen-bond donors (Lipinski definition) is 5. The van der Waals surface area contributed by atoms with Gasteiger partial charge in [0.1, 0.15) is 41.5 Å². The molecule has 170 valence electrons. The summed E-state index contributed by atoms with van der Waals surface area (Å²) >= 11 is 0. The number of para-hydroxylation sites is 1. The van der Waals surface area contributed by atoms with Crippen LogP contribution in [0.5, 0.6) is 5.75 Å². The van der Waals surface area contributed by atoms with Gasteiger partial charge in [-0.2, -0.15) is 0 Å². The number of fused-ring (bicyclic) bond motifs is 1. The maximum absolute atomic E-state index is 12.1. The molecule has 3 heterocycles. The number of aromatic hydroxyl groups is 1. The van der Waals surface area contributed by atoms with Crippen molar-refractivity contribution in [2.45, 2.75) is 24.5 Å². The first-order valence-corrected chi connectivity index (χ1v) is 10.6. The van der Waals surface area contributed by atoms with Crippen LogP contribution < -0.4 is 5.73 Å². The quantitative estimate of drug-likeness (QED) is 0.295. The fraction of sp³-hybridized carbons (Fsp3) is 0.294. The number of aromatic nitrogens is 4. The molecule has 4 rings (SSSR count). The Hall–Kier alpha value is -3.13. The smallest absolute Gasteiger partial charge is 0.507 e. The van der Waals surface area contributed by atoms with E-state index in [0.717, 1.165) is 0 Å². The minimum absolute atomic E-state index is 0.106. The monoisotopic (exact) mass is 467 g/mol. The van der Waals surface area contributed by atoms with Gasteiger partial charge < -0.3 is 30.3 Å². The summed E-state index contributed by atoms with van der Waals surface area (Å²) in [6.07, 6.45) is -2.96. The minimum atomic E-state index is -4.95. The number of phenols is 1. The zero-order valence-corrected chi connectivity index (χ0v) is 17.0. The number of ether oxygens (including phenoxy) is 1. The first-order valence-electron chi connectivity index (χ1n) is 9.12. The predicted octanol–water partition coefficient (Wildman–Crippen LogP) is -0.293. The number of aliphatic hydroxyl groups is 2. The fourth-order valence-electron chi connectivity index (χ4n) is 3.15. The molecule has 6 N–H and O–H groups in total. The lowest BCUT2D eigenvalue weighted by Gasteiger charge is -2.17. The largest absolute Gasteiger partial charge is 0.529 e. The highest BCUT2D eigenvalue weighted by molar-refractivity contribution is 7.48.